The highest BCUT2D eigenvalue weighted by atomic mass is 19.4. The third-order valence-corrected chi connectivity index (χ3v) is 4.60. The number of nitrogens with zero attached hydrogens (tertiary/aromatic N) is 2. The second kappa shape index (κ2) is 7.31. The Hall–Kier alpha value is -2.64. The first kappa shape index (κ1) is 18.2. The Kier molecular flexibility index (Phi) is 5.11. The summed E-state index contributed by atoms with van der Waals surface area (Å²) in [4.78, 5) is 24.1. The number of halogens is 3. The first-order valence-corrected chi connectivity index (χ1v) is 8.37. The number of aromatic nitrogens is 2. The monoisotopic (exact) mass is 365 g/mol. The molecule has 1 N–H and O–H groups in total. The molecule has 1 fully saturated rings. The Balaban J connectivity index is 1.65. The molecule has 1 heterocycles. The molecular weight excluding hydrogens is 347 g/mol. The molecule has 0 spiro atoms. The van der Waals surface area contributed by atoms with Gasteiger partial charge in [0.15, 0.2) is 0 Å². The molecule has 0 radical (unpaired) electrons. The van der Waals surface area contributed by atoms with E-state index < -0.39 is 17.6 Å². The first-order chi connectivity index (χ1) is 12.4. The van der Waals surface area contributed by atoms with Crippen LogP contribution in [0.1, 0.15) is 47.6 Å². The number of hydrogen-bond donors (Lipinski definition) is 1. The van der Waals surface area contributed by atoms with Crippen LogP contribution in [0, 0.1) is 0 Å². The lowest BCUT2D eigenvalue weighted by Gasteiger charge is -2.29. The molecule has 1 amide bonds. The molecule has 1 aliphatic rings. The zero-order valence-corrected chi connectivity index (χ0v) is 13.9. The summed E-state index contributed by atoms with van der Waals surface area (Å²) < 4.78 is 40.6. The lowest BCUT2D eigenvalue weighted by atomic mass is 9.91. The van der Waals surface area contributed by atoms with E-state index in [-0.39, 0.29) is 23.2 Å². The first-order valence-electron chi connectivity index (χ1n) is 8.37. The molecule has 1 aromatic carbocycles. The molecule has 5 nitrogen and oxygen atoms in total. The summed E-state index contributed by atoms with van der Waals surface area (Å²) >= 11 is 0. The van der Waals surface area contributed by atoms with Gasteiger partial charge in [-0.2, -0.15) is 18.3 Å². The van der Waals surface area contributed by atoms with Crippen molar-refractivity contribution >= 4 is 5.91 Å². The van der Waals surface area contributed by atoms with E-state index in [1.54, 1.807) is 12.3 Å². The van der Waals surface area contributed by atoms with Crippen LogP contribution in [0.2, 0.25) is 0 Å². The SMILES string of the molecule is O=C(NC1CCC(n2ncccc2=O)CC1)c1ccccc1C(F)(F)F. The van der Waals surface area contributed by atoms with E-state index >= 15 is 0 Å². The Morgan fingerprint density at radius 2 is 1.77 bits per heavy atom. The van der Waals surface area contributed by atoms with Crippen LogP contribution in [0.4, 0.5) is 13.2 Å². The van der Waals surface area contributed by atoms with Gasteiger partial charge in [-0.3, -0.25) is 9.59 Å². The van der Waals surface area contributed by atoms with Gasteiger partial charge in [0.05, 0.1) is 17.2 Å². The van der Waals surface area contributed by atoms with Crippen molar-refractivity contribution in [2.75, 3.05) is 0 Å². The smallest absolute Gasteiger partial charge is 0.349 e. The lowest BCUT2D eigenvalue weighted by Crippen LogP contribution is -2.40. The van der Waals surface area contributed by atoms with Crippen LogP contribution in [0.15, 0.2) is 47.4 Å². The van der Waals surface area contributed by atoms with E-state index in [0.29, 0.717) is 25.7 Å². The molecule has 0 saturated heterocycles. The summed E-state index contributed by atoms with van der Waals surface area (Å²) in [5.41, 5.74) is -1.49. The van der Waals surface area contributed by atoms with Gasteiger partial charge in [-0.05, 0) is 43.9 Å². The highest BCUT2D eigenvalue weighted by molar-refractivity contribution is 5.96. The lowest BCUT2D eigenvalue weighted by molar-refractivity contribution is -0.137. The van der Waals surface area contributed by atoms with Gasteiger partial charge in [0, 0.05) is 18.3 Å². The van der Waals surface area contributed by atoms with Crippen LogP contribution in [-0.4, -0.2) is 21.7 Å². The molecule has 8 heteroatoms. The maximum absolute atomic E-state index is 13.0. The van der Waals surface area contributed by atoms with Crippen LogP contribution in [0.25, 0.3) is 0 Å². The predicted molar refractivity (Wildman–Crippen MR) is 88.7 cm³/mol. The largest absolute Gasteiger partial charge is 0.417 e. The molecule has 1 saturated carbocycles. The summed E-state index contributed by atoms with van der Waals surface area (Å²) in [7, 11) is 0. The number of alkyl halides is 3. The summed E-state index contributed by atoms with van der Waals surface area (Å²) in [6.45, 7) is 0. The van der Waals surface area contributed by atoms with Crippen molar-refractivity contribution < 1.29 is 18.0 Å². The van der Waals surface area contributed by atoms with E-state index in [4.69, 9.17) is 0 Å². The number of hydrogen-bond acceptors (Lipinski definition) is 3. The summed E-state index contributed by atoms with van der Waals surface area (Å²) in [6, 6.07) is 7.48. The summed E-state index contributed by atoms with van der Waals surface area (Å²) in [6.07, 6.45) is -0.623. The average Bonchev–Trinajstić information content (AvgIpc) is 2.62. The normalized spacial score (nSPS) is 20.6. The fourth-order valence-corrected chi connectivity index (χ4v) is 3.30. The quantitative estimate of drug-likeness (QED) is 0.909. The van der Waals surface area contributed by atoms with Crippen LogP contribution >= 0.6 is 0 Å². The van der Waals surface area contributed by atoms with E-state index in [1.807, 2.05) is 0 Å². The fraction of sp³-hybridized carbons (Fsp3) is 0.389. The predicted octanol–water partition coefficient (Wildman–Crippen LogP) is 3.18. The average molecular weight is 365 g/mol. The highest BCUT2D eigenvalue weighted by Gasteiger charge is 2.35. The van der Waals surface area contributed by atoms with E-state index in [1.165, 1.54) is 28.9 Å². The molecule has 1 aromatic heterocycles. The number of carbonyl (C=O) groups excluding carboxylic acids is 1. The van der Waals surface area contributed by atoms with Crippen molar-refractivity contribution in [1.29, 1.82) is 0 Å². The zero-order chi connectivity index (χ0) is 18.7. The van der Waals surface area contributed by atoms with Crippen molar-refractivity contribution in [3.05, 3.63) is 64.1 Å². The van der Waals surface area contributed by atoms with Gasteiger partial charge >= 0.3 is 6.18 Å². The van der Waals surface area contributed by atoms with Gasteiger partial charge in [0.25, 0.3) is 11.5 Å². The van der Waals surface area contributed by atoms with Crippen molar-refractivity contribution in [1.82, 2.24) is 15.1 Å². The van der Waals surface area contributed by atoms with E-state index in [2.05, 4.69) is 10.4 Å². The molecule has 0 unspecified atom stereocenters. The van der Waals surface area contributed by atoms with Gasteiger partial charge < -0.3 is 5.32 Å². The molecule has 138 valence electrons. The molecule has 0 bridgehead atoms. The molecular formula is C18H18F3N3O2. The van der Waals surface area contributed by atoms with Gasteiger partial charge in [0.2, 0.25) is 0 Å². The second-order valence-electron chi connectivity index (χ2n) is 6.33. The molecule has 0 aliphatic heterocycles. The fourth-order valence-electron chi connectivity index (χ4n) is 3.30. The van der Waals surface area contributed by atoms with Crippen molar-refractivity contribution in [3.8, 4) is 0 Å². The van der Waals surface area contributed by atoms with Crippen molar-refractivity contribution in [2.45, 2.75) is 43.9 Å². The Bertz CT molecular complexity index is 840. The Labute approximate surface area is 147 Å². The number of amides is 1. The van der Waals surface area contributed by atoms with Gasteiger partial charge in [-0.15, -0.1) is 0 Å². The molecule has 0 atom stereocenters. The molecule has 2 aromatic rings. The number of benzene rings is 1. The number of nitrogens with one attached hydrogen (secondary N) is 1. The van der Waals surface area contributed by atoms with Gasteiger partial charge in [0.1, 0.15) is 0 Å². The third-order valence-electron chi connectivity index (χ3n) is 4.60. The second-order valence-corrected chi connectivity index (χ2v) is 6.33. The number of rotatable bonds is 3. The van der Waals surface area contributed by atoms with Gasteiger partial charge in [-0.1, -0.05) is 12.1 Å². The summed E-state index contributed by atoms with van der Waals surface area (Å²) in [5, 5.41) is 6.75. The summed E-state index contributed by atoms with van der Waals surface area (Å²) in [5.74, 6) is -0.726. The minimum Gasteiger partial charge on any atom is -0.349 e. The van der Waals surface area contributed by atoms with Crippen molar-refractivity contribution in [3.63, 3.8) is 0 Å². The molecule has 1 aliphatic carbocycles. The van der Waals surface area contributed by atoms with Crippen LogP contribution in [0.3, 0.4) is 0 Å². The van der Waals surface area contributed by atoms with Crippen LogP contribution in [0.5, 0.6) is 0 Å². The van der Waals surface area contributed by atoms with Gasteiger partial charge in [-0.25, -0.2) is 4.68 Å². The highest BCUT2D eigenvalue weighted by Crippen LogP contribution is 2.32. The minimum atomic E-state index is -4.58. The van der Waals surface area contributed by atoms with E-state index in [9.17, 15) is 22.8 Å². The van der Waals surface area contributed by atoms with E-state index in [0.717, 1.165) is 6.07 Å². The topological polar surface area (TPSA) is 64.0 Å². The maximum atomic E-state index is 13.0. The van der Waals surface area contributed by atoms with Crippen LogP contribution in [-0.2, 0) is 6.18 Å². The molecule has 26 heavy (non-hydrogen) atoms. The van der Waals surface area contributed by atoms with Crippen molar-refractivity contribution in [2.24, 2.45) is 0 Å². The van der Waals surface area contributed by atoms with Crippen LogP contribution < -0.4 is 10.9 Å². The standard InChI is InChI=1S/C18H18F3N3O2/c19-18(20,21)15-5-2-1-4-14(15)17(26)23-12-7-9-13(10-8-12)24-16(25)6-3-11-22-24/h1-6,11-13H,7-10H2,(H,23,26). The minimum absolute atomic E-state index is 0.0562. The Morgan fingerprint density at radius 3 is 2.42 bits per heavy atom. The maximum Gasteiger partial charge on any atom is 0.417 e. The third kappa shape index (κ3) is 3.95. The Morgan fingerprint density at radius 1 is 1.08 bits per heavy atom. The molecule has 3 rings (SSSR count). The zero-order valence-electron chi connectivity index (χ0n) is 13.9. The number of carbonyl (C=O) groups is 1.